The number of carbonyl (C=O) groups is 2. The molecule has 0 spiro atoms. The molecule has 1 atom stereocenters. The van der Waals surface area contributed by atoms with Gasteiger partial charge in [-0.05, 0) is 37.4 Å². The molecule has 6 nitrogen and oxygen atoms in total. The molecule has 1 fully saturated rings. The normalized spacial score (nSPS) is 18.0. The molecule has 126 valence electrons. The Bertz CT molecular complexity index is 530. The second-order valence-electron chi connectivity index (χ2n) is 5.70. The zero-order chi connectivity index (χ0) is 16.7. The van der Waals surface area contributed by atoms with E-state index in [1.165, 1.54) is 0 Å². The predicted molar refractivity (Wildman–Crippen MR) is 85.8 cm³/mol. The van der Waals surface area contributed by atoms with Crippen LogP contribution in [0, 0.1) is 0 Å². The third kappa shape index (κ3) is 5.33. The lowest BCUT2D eigenvalue weighted by Gasteiger charge is -2.20. The van der Waals surface area contributed by atoms with Gasteiger partial charge in [0.25, 0.3) is 0 Å². The molecule has 1 saturated heterocycles. The highest BCUT2D eigenvalue weighted by Gasteiger charge is 2.31. The minimum absolute atomic E-state index is 0.138. The van der Waals surface area contributed by atoms with E-state index in [0.717, 1.165) is 17.5 Å². The first-order valence-electron chi connectivity index (χ1n) is 7.99. The third-order valence-corrected chi connectivity index (χ3v) is 3.98. The molecule has 1 aliphatic rings. The number of hydrogen-bond donors (Lipinski definition) is 2. The van der Waals surface area contributed by atoms with Crippen molar-refractivity contribution in [2.45, 2.75) is 39.0 Å². The van der Waals surface area contributed by atoms with Crippen LogP contribution in [0.5, 0.6) is 0 Å². The number of likely N-dealkylation sites (tertiary alicyclic amines) is 1. The first kappa shape index (κ1) is 17.4. The standard InChI is InChI=1S/C17H24N2O4/c1-2-23-12-14-7-5-13(6-8-14)10-18-16(20)11-19-9-3-4-15(19)17(21)22/h5-8,15H,2-4,9-12H2,1H3,(H,18,20)(H,21,22)/t15-/m0/s1. The molecular formula is C17H24N2O4. The summed E-state index contributed by atoms with van der Waals surface area (Å²) in [4.78, 5) is 24.8. The molecule has 1 heterocycles. The van der Waals surface area contributed by atoms with E-state index < -0.39 is 12.0 Å². The lowest BCUT2D eigenvalue weighted by molar-refractivity contribution is -0.142. The van der Waals surface area contributed by atoms with E-state index in [9.17, 15) is 9.59 Å². The average Bonchev–Trinajstić information content (AvgIpc) is 3.00. The van der Waals surface area contributed by atoms with Gasteiger partial charge in [-0.1, -0.05) is 24.3 Å². The van der Waals surface area contributed by atoms with Gasteiger partial charge in [0.15, 0.2) is 0 Å². The largest absolute Gasteiger partial charge is 0.480 e. The lowest BCUT2D eigenvalue weighted by Crippen LogP contribution is -2.42. The maximum absolute atomic E-state index is 12.0. The van der Waals surface area contributed by atoms with Gasteiger partial charge >= 0.3 is 5.97 Å². The van der Waals surface area contributed by atoms with Crippen molar-refractivity contribution in [1.29, 1.82) is 0 Å². The van der Waals surface area contributed by atoms with Crippen molar-refractivity contribution in [2.24, 2.45) is 0 Å². The summed E-state index contributed by atoms with van der Waals surface area (Å²) in [6, 6.07) is 7.37. The van der Waals surface area contributed by atoms with Crippen molar-refractivity contribution in [1.82, 2.24) is 10.2 Å². The van der Waals surface area contributed by atoms with E-state index in [1.807, 2.05) is 31.2 Å². The van der Waals surface area contributed by atoms with Gasteiger partial charge < -0.3 is 15.2 Å². The molecular weight excluding hydrogens is 296 g/mol. The highest BCUT2D eigenvalue weighted by molar-refractivity contribution is 5.80. The van der Waals surface area contributed by atoms with Gasteiger partial charge in [0.05, 0.1) is 13.2 Å². The Hall–Kier alpha value is -1.92. The SMILES string of the molecule is CCOCc1ccc(CNC(=O)CN2CCC[C@H]2C(=O)O)cc1. The summed E-state index contributed by atoms with van der Waals surface area (Å²) in [7, 11) is 0. The van der Waals surface area contributed by atoms with Crippen LogP contribution in [0.3, 0.4) is 0 Å². The summed E-state index contributed by atoms with van der Waals surface area (Å²) in [5, 5.41) is 12.0. The minimum atomic E-state index is -0.847. The van der Waals surface area contributed by atoms with Crippen LogP contribution in [0.1, 0.15) is 30.9 Å². The van der Waals surface area contributed by atoms with Crippen LogP contribution in [-0.4, -0.2) is 47.6 Å². The van der Waals surface area contributed by atoms with Gasteiger partial charge in [-0.25, -0.2) is 0 Å². The van der Waals surface area contributed by atoms with Crippen molar-refractivity contribution < 1.29 is 19.4 Å². The maximum Gasteiger partial charge on any atom is 0.320 e. The first-order chi connectivity index (χ1) is 11.1. The van der Waals surface area contributed by atoms with Crippen LogP contribution in [0.15, 0.2) is 24.3 Å². The van der Waals surface area contributed by atoms with Crippen LogP contribution >= 0.6 is 0 Å². The number of carbonyl (C=O) groups excluding carboxylic acids is 1. The molecule has 0 unspecified atom stereocenters. The molecule has 0 radical (unpaired) electrons. The zero-order valence-electron chi connectivity index (χ0n) is 13.5. The third-order valence-electron chi connectivity index (χ3n) is 3.98. The lowest BCUT2D eigenvalue weighted by atomic mass is 10.1. The molecule has 1 amide bonds. The number of nitrogens with zero attached hydrogens (tertiary/aromatic N) is 1. The van der Waals surface area contributed by atoms with E-state index in [2.05, 4.69) is 5.32 Å². The van der Waals surface area contributed by atoms with Crippen LogP contribution in [0.2, 0.25) is 0 Å². The van der Waals surface area contributed by atoms with Gasteiger partial charge in [-0.2, -0.15) is 0 Å². The Morgan fingerprint density at radius 3 is 2.65 bits per heavy atom. The predicted octanol–water partition coefficient (Wildman–Crippen LogP) is 1.39. The second-order valence-corrected chi connectivity index (χ2v) is 5.70. The average molecular weight is 320 g/mol. The van der Waals surface area contributed by atoms with E-state index in [1.54, 1.807) is 4.90 Å². The molecule has 2 N–H and O–H groups in total. The number of rotatable bonds is 8. The van der Waals surface area contributed by atoms with Crippen LogP contribution in [0.4, 0.5) is 0 Å². The highest BCUT2D eigenvalue weighted by Crippen LogP contribution is 2.16. The molecule has 6 heteroatoms. The summed E-state index contributed by atoms with van der Waals surface area (Å²) in [6.07, 6.45) is 1.44. The summed E-state index contributed by atoms with van der Waals surface area (Å²) < 4.78 is 5.34. The smallest absolute Gasteiger partial charge is 0.320 e. The molecule has 1 aliphatic heterocycles. The fraction of sp³-hybridized carbons (Fsp3) is 0.529. The quantitative estimate of drug-likeness (QED) is 0.757. The van der Waals surface area contributed by atoms with Crippen LogP contribution in [-0.2, 0) is 27.5 Å². The van der Waals surface area contributed by atoms with Crippen LogP contribution < -0.4 is 5.32 Å². The van der Waals surface area contributed by atoms with Crippen molar-refractivity contribution in [3.8, 4) is 0 Å². The van der Waals surface area contributed by atoms with Gasteiger partial charge in [-0.3, -0.25) is 14.5 Å². The number of ether oxygens (including phenoxy) is 1. The van der Waals surface area contributed by atoms with E-state index in [4.69, 9.17) is 9.84 Å². The number of hydrogen-bond acceptors (Lipinski definition) is 4. The number of carboxylic acids is 1. The summed E-state index contributed by atoms with van der Waals surface area (Å²) >= 11 is 0. The number of benzene rings is 1. The first-order valence-corrected chi connectivity index (χ1v) is 7.99. The Labute approximate surface area is 136 Å². The molecule has 1 aromatic carbocycles. The Kier molecular flexibility index (Phi) is 6.55. The molecule has 0 bridgehead atoms. The van der Waals surface area contributed by atoms with Gasteiger partial charge in [0, 0.05) is 13.2 Å². The Balaban J connectivity index is 1.76. The topological polar surface area (TPSA) is 78.9 Å². The van der Waals surface area contributed by atoms with Gasteiger partial charge in [0.2, 0.25) is 5.91 Å². The molecule has 0 aromatic heterocycles. The molecule has 0 saturated carbocycles. The number of carboxylic acid groups (broad SMARTS) is 1. The molecule has 1 aromatic rings. The molecule has 23 heavy (non-hydrogen) atoms. The number of amides is 1. The molecule has 2 rings (SSSR count). The monoisotopic (exact) mass is 320 g/mol. The van der Waals surface area contributed by atoms with Crippen molar-refractivity contribution >= 4 is 11.9 Å². The van der Waals surface area contributed by atoms with E-state index in [0.29, 0.717) is 32.7 Å². The summed E-state index contributed by atoms with van der Waals surface area (Å²) in [6.45, 7) is 4.48. The fourth-order valence-electron chi connectivity index (χ4n) is 2.71. The maximum atomic E-state index is 12.0. The van der Waals surface area contributed by atoms with E-state index >= 15 is 0 Å². The van der Waals surface area contributed by atoms with Crippen LogP contribution in [0.25, 0.3) is 0 Å². The highest BCUT2D eigenvalue weighted by atomic mass is 16.5. The van der Waals surface area contributed by atoms with Crippen molar-refractivity contribution in [3.05, 3.63) is 35.4 Å². The Morgan fingerprint density at radius 1 is 1.30 bits per heavy atom. The number of nitrogens with one attached hydrogen (secondary N) is 1. The zero-order valence-corrected chi connectivity index (χ0v) is 13.5. The fourth-order valence-corrected chi connectivity index (χ4v) is 2.71. The minimum Gasteiger partial charge on any atom is -0.480 e. The van der Waals surface area contributed by atoms with Crippen molar-refractivity contribution in [3.63, 3.8) is 0 Å². The van der Waals surface area contributed by atoms with E-state index in [-0.39, 0.29) is 12.5 Å². The Morgan fingerprint density at radius 2 is 2.00 bits per heavy atom. The van der Waals surface area contributed by atoms with Gasteiger partial charge in [-0.15, -0.1) is 0 Å². The summed E-state index contributed by atoms with van der Waals surface area (Å²) in [5.41, 5.74) is 2.11. The number of aliphatic carboxylic acids is 1. The van der Waals surface area contributed by atoms with Crippen molar-refractivity contribution in [2.75, 3.05) is 19.7 Å². The molecule has 0 aliphatic carbocycles. The summed E-state index contributed by atoms with van der Waals surface area (Å²) in [5.74, 6) is -0.989. The van der Waals surface area contributed by atoms with Gasteiger partial charge in [0.1, 0.15) is 6.04 Å². The second kappa shape index (κ2) is 8.64.